The number of hydrogen-bond acceptors (Lipinski definition) is 3. The van der Waals surface area contributed by atoms with Gasteiger partial charge >= 0.3 is 0 Å². The average molecular weight is 229 g/mol. The number of hydrogen-bond donors (Lipinski definition) is 2. The van der Waals surface area contributed by atoms with Gasteiger partial charge in [0.2, 0.25) is 0 Å². The van der Waals surface area contributed by atoms with Crippen molar-refractivity contribution in [3.05, 3.63) is 29.8 Å². The number of aromatic amines is 1. The molecule has 0 bridgehead atoms. The Morgan fingerprint density at radius 1 is 1.35 bits per heavy atom. The van der Waals surface area contributed by atoms with Gasteiger partial charge in [-0.05, 0) is 36.6 Å². The lowest BCUT2D eigenvalue weighted by Gasteiger charge is -2.17. The molecular weight excluding hydrogens is 214 g/mol. The van der Waals surface area contributed by atoms with E-state index in [0.717, 1.165) is 42.3 Å². The molecule has 0 saturated heterocycles. The molecule has 88 valence electrons. The van der Waals surface area contributed by atoms with E-state index in [1.54, 1.807) is 0 Å². The Hall–Kier alpha value is -1.97. The summed E-state index contributed by atoms with van der Waals surface area (Å²) in [6.07, 6.45) is 2.19. The van der Waals surface area contributed by atoms with E-state index >= 15 is 0 Å². The molecule has 0 saturated carbocycles. The van der Waals surface area contributed by atoms with Crippen LogP contribution in [0.5, 0.6) is 5.75 Å². The van der Waals surface area contributed by atoms with Crippen molar-refractivity contribution in [2.75, 3.05) is 19.0 Å². The van der Waals surface area contributed by atoms with Gasteiger partial charge in [0, 0.05) is 18.7 Å². The number of rotatable bonds is 2. The summed E-state index contributed by atoms with van der Waals surface area (Å²) in [5, 5.41) is 10.2. The van der Waals surface area contributed by atoms with E-state index in [4.69, 9.17) is 4.74 Å². The van der Waals surface area contributed by atoms with Crippen LogP contribution in [-0.4, -0.2) is 23.9 Å². The maximum absolute atomic E-state index is 5.60. The summed E-state index contributed by atoms with van der Waals surface area (Å²) in [6, 6.07) is 8.30. The van der Waals surface area contributed by atoms with Gasteiger partial charge in [-0.3, -0.25) is 5.10 Å². The maximum Gasteiger partial charge on any atom is 0.148 e. The molecule has 0 atom stereocenters. The second-order valence-electron chi connectivity index (χ2n) is 4.19. The lowest BCUT2D eigenvalue weighted by molar-refractivity contribution is 0.288. The molecule has 2 heterocycles. The Morgan fingerprint density at radius 3 is 3.12 bits per heavy atom. The zero-order valence-electron chi connectivity index (χ0n) is 9.79. The predicted octanol–water partition coefficient (Wildman–Crippen LogP) is 2.44. The fourth-order valence-corrected chi connectivity index (χ4v) is 2.13. The highest BCUT2D eigenvalue weighted by Crippen LogP contribution is 2.29. The van der Waals surface area contributed by atoms with Gasteiger partial charge in [-0.25, -0.2) is 0 Å². The van der Waals surface area contributed by atoms with E-state index in [0.29, 0.717) is 0 Å². The third-order valence-corrected chi connectivity index (χ3v) is 3.05. The minimum atomic E-state index is 0.834. The summed E-state index contributed by atoms with van der Waals surface area (Å²) < 4.78 is 5.60. The Labute approximate surface area is 100 Å². The van der Waals surface area contributed by atoms with Crippen LogP contribution < -0.4 is 10.1 Å². The summed E-state index contributed by atoms with van der Waals surface area (Å²) in [6.45, 7) is 0.834. The molecule has 1 aliphatic rings. The minimum absolute atomic E-state index is 0.834. The molecule has 17 heavy (non-hydrogen) atoms. The first-order valence-electron chi connectivity index (χ1n) is 5.86. The summed E-state index contributed by atoms with van der Waals surface area (Å²) in [7, 11) is 1.86. The molecule has 0 aliphatic carbocycles. The molecule has 0 radical (unpaired) electrons. The molecule has 3 rings (SSSR count). The van der Waals surface area contributed by atoms with Crippen molar-refractivity contribution in [1.82, 2.24) is 10.2 Å². The van der Waals surface area contributed by atoms with Gasteiger partial charge in [0.25, 0.3) is 0 Å². The first-order valence-corrected chi connectivity index (χ1v) is 5.86. The highest BCUT2D eigenvalue weighted by Gasteiger charge is 2.12. The molecule has 0 spiro atoms. The van der Waals surface area contributed by atoms with Gasteiger partial charge in [0.05, 0.1) is 12.3 Å². The van der Waals surface area contributed by atoms with Crippen LogP contribution in [0.4, 0.5) is 5.82 Å². The second kappa shape index (κ2) is 4.13. The van der Waals surface area contributed by atoms with E-state index in [1.165, 1.54) is 5.56 Å². The number of nitrogens with zero attached hydrogens (tertiary/aromatic N) is 1. The molecule has 2 aromatic rings. The van der Waals surface area contributed by atoms with E-state index in [-0.39, 0.29) is 0 Å². The molecule has 1 aliphatic heterocycles. The van der Waals surface area contributed by atoms with Crippen LogP contribution in [-0.2, 0) is 6.42 Å². The lowest BCUT2D eigenvalue weighted by atomic mass is 10.0. The fourth-order valence-electron chi connectivity index (χ4n) is 2.13. The third-order valence-electron chi connectivity index (χ3n) is 3.05. The van der Waals surface area contributed by atoms with Crippen LogP contribution in [0.3, 0.4) is 0 Å². The van der Waals surface area contributed by atoms with Crippen molar-refractivity contribution in [3.8, 4) is 17.0 Å². The zero-order valence-corrected chi connectivity index (χ0v) is 9.79. The Bertz CT molecular complexity index is 533. The summed E-state index contributed by atoms with van der Waals surface area (Å²) in [5.41, 5.74) is 3.47. The summed E-state index contributed by atoms with van der Waals surface area (Å²) in [5.74, 6) is 1.88. The number of H-pyrrole nitrogens is 1. The van der Waals surface area contributed by atoms with E-state index in [2.05, 4.69) is 27.6 Å². The van der Waals surface area contributed by atoms with Crippen LogP contribution in [0.1, 0.15) is 12.0 Å². The van der Waals surface area contributed by atoms with E-state index in [1.807, 2.05) is 19.2 Å². The Morgan fingerprint density at radius 2 is 2.29 bits per heavy atom. The molecule has 0 unspecified atom stereocenters. The van der Waals surface area contributed by atoms with Crippen molar-refractivity contribution in [3.63, 3.8) is 0 Å². The predicted molar refractivity (Wildman–Crippen MR) is 67.4 cm³/mol. The number of ether oxygens (including phenoxy) is 1. The fraction of sp³-hybridized carbons (Fsp3) is 0.308. The van der Waals surface area contributed by atoms with Crippen LogP contribution in [0, 0.1) is 0 Å². The SMILES string of the molecule is CNc1cc(-c2ccc3c(c2)CCCO3)[nH]n1. The van der Waals surface area contributed by atoms with E-state index < -0.39 is 0 Å². The number of aromatic nitrogens is 2. The van der Waals surface area contributed by atoms with Gasteiger partial charge in [0.1, 0.15) is 11.6 Å². The minimum Gasteiger partial charge on any atom is -0.493 e. The highest BCUT2D eigenvalue weighted by atomic mass is 16.5. The molecule has 0 fully saturated rings. The van der Waals surface area contributed by atoms with Crippen molar-refractivity contribution in [2.45, 2.75) is 12.8 Å². The standard InChI is InChI=1S/C13H15N3O/c1-14-13-8-11(15-16-13)9-4-5-12-10(7-9)3-2-6-17-12/h4-5,7-8H,2-3,6H2,1H3,(H2,14,15,16). The van der Waals surface area contributed by atoms with Gasteiger partial charge in [-0.2, -0.15) is 5.10 Å². The maximum atomic E-state index is 5.60. The zero-order chi connectivity index (χ0) is 11.7. The first-order chi connectivity index (χ1) is 8.36. The molecule has 1 aromatic carbocycles. The lowest BCUT2D eigenvalue weighted by Crippen LogP contribution is -2.08. The molecule has 4 nitrogen and oxygen atoms in total. The Balaban J connectivity index is 1.97. The van der Waals surface area contributed by atoms with Gasteiger partial charge in [-0.15, -0.1) is 0 Å². The Kier molecular flexibility index (Phi) is 2.48. The topological polar surface area (TPSA) is 49.9 Å². The molecule has 2 N–H and O–H groups in total. The molecular formula is C13H15N3O. The third kappa shape index (κ3) is 1.86. The van der Waals surface area contributed by atoms with Crippen LogP contribution in [0.15, 0.2) is 24.3 Å². The van der Waals surface area contributed by atoms with Crippen molar-refractivity contribution < 1.29 is 4.74 Å². The normalized spacial score (nSPS) is 13.9. The number of anilines is 1. The number of benzene rings is 1. The van der Waals surface area contributed by atoms with Crippen LogP contribution >= 0.6 is 0 Å². The first kappa shape index (κ1) is 10.2. The second-order valence-corrected chi connectivity index (χ2v) is 4.19. The number of nitrogens with one attached hydrogen (secondary N) is 2. The highest BCUT2D eigenvalue weighted by molar-refractivity contribution is 5.65. The number of aryl methyl sites for hydroxylation is 1. The van der Waals surface area contributed by atoms with Crippen molar-refractivity contribution in [1.29, 1.82) is 0 Å². The van der Waals surface area contributed by atoms with E-state index in [9.17, 15) is 0 Å². The van der Waals surface area contributed by atoms with Gasteiger partial charge < -0.3 is 10.1 Å². The summed E-state index contributed by atoms with van der Waals surface area (Å²) >= 11 is 0. The smallest absolute Gasteiger partial charge is 0.148 e. The van der Waals surface area contributed by atoms with Crippen molar-refractivity contribution >= 4 is 5.82 Å². The van der Waals surface area contributed by atoms with Crippen molar-refractivity contribution in [2.24, 2.45) is 0 Å². The monoisotopic (exact) mass is 229 g/mol. The van der Waals surface area contributed by atoms with Crippen LogP contribution in [0.25, 0.3) is 11.3 Å². The molecule has 1 aromatic heterocycles. The van der Waals surface area contributed by atoms with Crippen LogP contribution in [0.2, 0.25) is 0 Å². The molecule has 0 amide bonds. The summed E-state index contributed by atoms with van der Waals surface area (Å²) in [4.78, 5) is 0. The largest absolute Gasteiger partial charge is 0.493 e. The van der Waals surface area contributed by atoms with Gasteiger partial charge in [0.15, 0.2) is 0 Å². The number of fused-ring (bicyclic) bond motifs is 1. The molecule has 4 heteroatoms. The van der Waals surface area contributed by atoms with Gasteiger partial charge in [-0.1, -0.05) is 0 Å². The average Bonchev–Trinajstić information content (AvgIpc) is 2.87. The quantitative estimate of drug-likeness (QED) is 0.831.